The number of aliphatic carboxylic acids is 4. The predicted molar refractivity (Wildman–Crippen MR) is 129 cm³/mol. The molecule has 4 N–H and O–H groups in total. The molecule has 1 unspecified atom stereocenters. The molecular weight excluding hydrogens is 456 g/mol. The summed E-state index contributed by atoms with van der Waals surface area (Å²) in [5.74, 6) is -5.03. The van der Waals surface area contributed by atoms with Crippen LogP contribution in [0.15, 0.2) is 48.6 Å². The van der Waals surface area contributed by atoms with Gasteiger partial charge in [0.25, 0.3) is 0 Å². The summed E-state index contributed by atoms with van der Waals surface area (Å²) in [7, 11) is 4.59. The second-order valence-electron chi connectivity index (χ2n) is 8.33. The molecule has 10 heteroatoms. The van der Waals surface area contributed by atoms with Crippen molar-refractivity contribution in [1.29, 1.82) is 0 Å². The highest BCUT2D eigenvalue weighted by Gasteiger charge is 2.29. The number of benzene rings is 1. The molecule has 1 heterocycles. The van der Waals surface area contributed by atoms with Crippen LogP contribution in [0.4, 0.5) is 0 Å². The zero-order chi connectivity index (χ0) is 26.4. The SMILES string of the molecule is CN1CCC(N(C)C2CCCc3ccccc32)CC1.O=C(O)/C=C\C(=O)O.O=C(O)/C=C\C(=O)O. The molecule has 3 rings (SSSR count). The molecule has 1 fully saturated rings. The van der Waals surface area contributed by atoms with Gasteiger partial charge in [-0.05, 0) is 70.4 Å². The molecule has 0 spiro atoms. The van der Waals surface area contributed by atoms with Crippen molar-refractivity contribution < 1.29 is 39.6 Å². The average molecular weight is 491 g/mol. The van der Waals surface area contributed by atoms with Gasteiger partial charge in [0.1, 0.15) is 0 Å². The van der Waals surface area contributed by atoms with Crippen molar-refractivity contribution >= 4 is 23.9 Å². The lowest BCUT2D eigenvalue weighted by Crippen LogP contribution is -2.44. The van der Waals surface area contributed by atoms with Gasteiger partial charge in [-0.15, -0.1) is 0 Å². The number of carbonyl (C=O) groups is 4. The lowest BCUT2D eigenvalue weighted by atomic mass is 9.85. The van der Waals surface area contributed by atoms with Gasteiger partial charge in [-0.25, -0.2) is 19.2 Å². The number of carboxylic acids is 4. The first-order valence-corrected chi connectivity index (χ1v) is 11.3. The summed E-state index contributed by atoms with van der Waals surface area (Å²) in [6, 6.07) is 10.5. The van der Waals surface area contributed by atoms with Crippen LogP contribution in [-0.2, 0) is 25.6 Å². The maximum absolute atomic E-state index is 9.55. The van der Waals surface area contributed by atoms with Crippen molar-refractivity contribution in [2.45, 2.75) is 44.2 Å². The number of likely N-dealkylation sites (tertiary alicyclic amines) is 1. The summed E-state index contributed by atoms with van der Waals surface area (Å²) in [4.78, 5) is 43.3. The Labute approximate surface area is 204 Å². The number of carboxylic acid groups (broad SMARTS) is 4. The molecule has 10 nitrogen and oxygen atoms in total. The summed E-state index contributed by atoms with van der Waals surface area (Å²) in [6.07, 6.45) is 8.83. The number of aryl methyl sites for hydroxylation is 1. The van der Waals surface area contributed by atoms with Crippen LogP contribution in [-0.4, -0.2) is 87.3 Å². The van der Waals surface area contributed by atoms with Gasteiger partial charge in [-0.3, -0.25) is 4.90 Å². The molecule has 0 aromatic heterocycles. The average Bonchev–Trinajstić information content (AvgIpc) is 2.82. The van der Waals surface area contributed by atoms with Crippen molar-refractivity contribution in [3.05, 3.63) is 59.7 Å². The third kappa shape index (κ3) is 12.0. The zero-order valence-electron chi connectivity index (χ0n) is 20.0. The molecule has 35 heavy (non-hydrogen) atoms. The molecule has 2 aliphatic rings. The Bertz CT molecular complexity index is 854. The van der Waals surface area contributed by atoms with Crippen LogP contribution >= 0.6 is 0 Å². The molecule has 1 aliphatic carbocycles. The second kappa shape index (κ2) is 15.4. The normalized spacial score (nSPS) is 18.2. The van der Waals surface area contributed by atoms with E-state index in [2.05, 4.69) is 48.2 Å². The highest BCUT2D eigenvalue weighted by Crippen LogP contribution is 2.35. The van der Waals surface area contributed by atoms with Crippen LogP contribution in [0.3, 0.4) is 0 Å². The number of fused-ring (bicyclic) bond motifs is 1. The van der Waals surface area contributed by atoms with E-state index in [0.717, 1.165) is 6.04 Å². The molecule has 0 bridgehead atoms. The molecule has 192 valence electrons. The Hall–Kier alpha value is -3.50. The van der Waals surface area contributed by atoms with Gasteiger partial charge in [-0.1, -0.05) is 24.3 Å². The Balaban J connectivity index is 0.000000320. The number of rotatable bonds is 6. The van der Waals surface area contributed by atoms with Crippen LogP contribution in [0.25, 0.3) is 0 Å². The third-order valence-electron chi connectivity index (χ3n) is 5.83. The van der Waals surface area contributed by atoms with E-state index < -0.39 is 23.9 Å². The molecule has 1 saturated heterocycles. The molecule has 0 amide bonds. The second-order valence-corrected chi connectivity index (χ2v) is 8.33. The van der Waals surface area contributed by atoms with Gasteiger partial charge in [0, 0.05) is 36.4 Å². The van der Waals surface area contributed by atoms with E-state index in [4.69, 9.17) is 20.4 Å². The summed E-state index contributed by atoms with van der Waals surface area (Å²) in [6.45, 7) is 2.51. The Morgan fingerprint density at radius 1 is 0.829 bits per heavy atom. The monoisotopic (exact) mass is 490 g/mol. The minimum atomic E-state index is -1.26. The van der Waals surface area contributed by atoms with E-state index >= 15 is 0 Å². The van der Waals surface area contributed by atoms with E-state index in [1.54, 1.807) is 11.1 Å². The molecule has 0 radical (unpaired) electrons. The van der Waals surface area contributed by atoms with Gasteiger partial charge in [0.2, 0.25) is 0 Å². The van der Waals surface area contributed by atoms with Gasteiger partial charge < -0.3 is 25.3 Å². The Morgan fingerprint density at radius 2 is 1.29 bits per heavy atom. The lowest BCUT2D eigenvalue weighted by Gasteiger charge is -2.41. The Morgan fingerprint density at radius 3 is 1.74 bits per heavy atom. The maximum Gasteiger partial charge on any atom is 0.328 e. The zero-order valence-corrected chi connectivity index (χ0v) is 20.0. The third-order valence-corrected chi connectivity index (χ3v) is 5.83. The molecule has 1 aliphatic heterocycles. The first kappa shape index (κ1) is 29.5. The standard InChI is InChI=1S/C17H26N2.2C4H4O4/c1-18-12-10-15(11-13-18)19(2)17-9-5-7-14-6-3-4-8-16(14)17;2*5-3(6)1-2-4(7)8/h3-4,6,8,15,17H,5,7,9-13H2,1-2H3;2*1-2H,(H,5,6)(H,7,8)/b;2*2-1-. The Kier molecular flexibility index (Phi) is 13.0. The summed E-state index contributed by atoms with van der Waals surface area (Å²) >= 11 is 0. The highest BCUT2D eigenvalue weighted by molar-refractivity contribution is 5.90. The van der Waals surface area contributed by atoms with E-state index in [1.165, 1.54) is 45.2 Å². The van der Waals surface area contributed by atoms with E-state index in [1.807, 2.05) is 0 Å². The molecule has 1 atom stereocenters. The van der Waals surface area contributed by atoms with Crippen molar-refractivity contribution in [3.8, 4) is 0 Å². The van der Waals surface area contributed by atoms with Crippen molar-refractivity contribution in [2.24, 2.45) is 0 Å². The molecular formula is C25H34N2O8. The quantitative estimate of drug-likeness (QED) is 0.437. The van der Waals surface area contributed by atoms with Gasteiger partial charge in [0.05, 0.1) is 0 Å². The smallest absolute Gasteiger partial charge is 0.328 e. The van der Waals surface area contributed by atoms with Crippen molar-refractivity contribution in [3.63, 3.8) is 0 Å². The number of piperidine rings is 1. The van der Waals surface area contributed by atoms with Crippen LogP contribution < -0.4 is 0 Å². The first-order valence-electron chi connectivity index (χ1n) is 11.3. The van der Waals surface area contributed by atoms with E-state index in [0.29, 0.717) is 30.3 Å². The number of hydrogen-bond acceptors (Lipinski definition) is 6. The minimum absolute atomic E-state index is 0.558. The minimum Gasteiger partial charge on any atom is -0.478 e. The molecule has 1 aromatic carbocycles. The number of hydrogen-bond donors (Lipinski definition) is 4. The first-order chi connectivity index (χ1) is 16.5. The van der Waals surface area contributed by atoms with Crippen LogP contribution in [0.2, 0.25) is 0 Å². The summed E-state index contributed by atoms with van der Waals surface area (Å²) in [5, 5.41) is 31.2. The van der Waals surface area contributed by atoms with Crippen molar-refractivity contribution in [2.75, 3.05) is 27.2 Å². The number of nitrogens with zero attached hydrogens (tertiary/aromatic N) is 2. The lowest BCUT2D eigenvalue weighted by molar-refractivity contribution is -0.134. The fraction of sp³-hybridized carbons (Fsp3) is 0.440. The van der Waals surface area contributed by atoms with E-state index in [9.17, 15) is 19.2 Å². The summed E-state index contributed by atoms with van der Waals surface area (Å²) < 4.78 is 0. The highest BCUT2D eigenvalue weighted by atomic mass is 16.4. The maximum atomic E-state index is 9.55. The summed E-state index contributed by atoms with van der Waals surface area (Å²) in [5.41, 5.74) is 3.17. The largest absolute Gasteiger partial charge is 0.478 e. The van der Waals surface area contributed by atoms with Crippen LogP contribution in [0.1, 0.15) is 42.9 Å². The predicted octanol–water partition coefficient (Wildman–Crippen LogP) is 2.51. The van der Waals surface area contributed by atoms with Crippen LogP contribution in [0, 0.1) is 0 Å². The van der Waals surface area contributed by atoms with Crippen LogP contribution in [0.5, 0.6) is 0 Å². The fourth-order valence-electron chi connectivity index (χ4n) is 4.09. The van der Waals surface area contributed by atoms with E-state index in [-0.39, 0.29) is 0 Å². The van der Waals surface area contributed by atoms with Gasteiger partial charge in [-0.2, -0.15) is 0 Å². The molecule has 0 saturated carbocycles. The van der Waals surface area contributed by atoms with Crippen molar-refractivity contribution in [1.82, 2.24) is 9.80 Å². The van der Waals surface area contributed by atoms with Gasteiger partial charge in [0.15, 0.2) is 0 Å². The molecule has 1 aromatic rings. The topological polar surface area (TPSA) is 156 Å². The fourth-order valence-corrected chi connectivity index (χ4v) is 4.09. The van der Waals surface area contributed by atoms with Gasteiger partial charge >= 0.3 is 23.9 Å².